The number of alkyl carbamates (subject to hydrolysis) is 1. The van der Waals surface area contributed by atoms with Crippen LogP contribution in [0.1, 0.15) is 71.9 Å². The Kier molecular flexibility index (Phi) is 8.89. The second-order valence-electron chi connectivity index (χ2n) is 9.25. The molecule has 0 aliphatic heterocycles. The summed E-state index contributed by atoms with van der Waals surface area (Å²) in [6.07, 6.45) is 3.20. The van der Waals surface area contributed by atoms with Crippen molar-refractivity contribution in [3.05, 3.63) is 35.9 Å². The zero-order valence-electron chi connectivity index (χ0n) is 19.4. The number of unbranched alkanes of at least 4 members (excludes halogenated alkanes) is 2. The Labute approximate surface area is 185 Å². The van der Waals surface area contributed by atoms with E-state index in [-0.39, 0.29) is 24.4 Å². The lowest BCUT2D eigenvalue weighted by Gasteiger charge is -2.32. The zero-order chi connectivity index (χ0) is 23.0. The molecule has 7 heteroatoms. The number of hydrogen-bond acceptors (Lipinski definition) is 4. The summed E-state index contributed by atoms with van der Waals surface area (Å²) in [7, 11) is 0. The molecule has 2 N–H and O–H groups in total. The number of nitrogens with zero attached hydrogens (tertiary/aromatic N) is 1. The van der Waals surface area contributed by atoms with Gasteiger partial charge in [-0.2, -0.15) is 0 Å². The Balaban J connectivity index is 2.18. The van der Waals surface area contributed by atoms with Gasteiger partial charge in [-0.25, -0.2) is 4.79 Å². The molecule has 172 valence electrons. The Morgan fingerprint density at radius 1 is 1.13 bits per heavy atom. The highest BCUT2D eigenvalue weighted by atomic mass is 16.6. The van der Waals surface area contributed by atoms with E-state index in [1.54, 1.807) is 25.7 Å². The summed E-state index contributed by atoms with van der Waals surface area (Å²) in [6, 6.07) is 8.59. The molecule has 0 saturated heterocycles. The molecule has 0 aromatic heterocycles. The molecule has 2 rings (SSSR count). The molecular formula is C24H37N3O4. The van der Waals surface area contributed by atoms with Crippen LogP contribution in [0.4, 0.5) is 4.79 Å². The lowest BCUT2D eigenvalue weighted by molar-refractivity contribution is -0.141. The normalized spacial score (nSPS) is 18.6. The smallest absolute Gasteiger partial charge is 0.408 e. The predicted molar refractivity (Wildman–Crippen MR) is 120 cm³/mol. The number of benzene rings is 1. The summed E-state index contributed by atoms with van der Waals surface area (Å²) in [5.74, 6) is -0.172. The van der Waals surface area contributed by atoms with Crippen molar-refractivity contribution >= 4 is 17.9 Å². The fourth-order valence-corrected chi connectivity index (χ4v) is 3.52. The van der Waals surface area contributed by atoms with Gasteiger partial charge >= 0.3 is 6.09 Å². The van der Waals surface area contributed by atoms with Crippen molar-refractivity contribution in [1.82, 2.24) is 15.5 Å². The van der Waals surface area contributed by atoms with Gasteiger partial charge in [-0.3, -0.25) is 9.59 Å². The average Bonchev–Trinajstić information content (AvgIpc) is 3.42. The molecule has 1 aliphatic rings. The lowest BCUT2D eigenvalue weighted by Crippen LogP contribution is -2.49. The molecule has 0 bridgehead atoms. The topological polar surface area (TPSA) is 87.7 Å². The van der Waals surface area contributed by atoms with E-state index in [1.165, 1.54) is 0 Å². The molecule has 1 aromatic carbocycles. The molecule has 1 aromatic rings. The summed E-state index contributed by atoms with van der Waals surface area (Å²) in [4.78, 5) is 40.1. The quantitative estimate of drug-likeness (QED) is 0.552. The fourth-order valence-electron chi connectivity index (χ4n) is 3.52. The Hall–Kier alpha value is -2.57. The molecule has 31 heavy (non-hydrogen) atoms. The van der Waals surface area contributed by atoms with Crippen molar-refractivity contribution in [1.29, 1.82) is 0 Å². The van der Waals surface area contributed by atoms with E-state index in [2.05, 4.69) is 24.5 Å². The Morgan fingerprint density at radius 3 is 2.32 bits per heavy atom. The highest BCUT2D eigenvalue weighted by Gasteiger charge is 2.46. The van der Waals surface area contributed by atoms with Gasteiger partial charge in [-0.1, -0.05) is 57.0 Å². The summed E-state index contributed by atoms with van der Waals surface area (Å²) in [5, 5.41) is 5.54. The number of amides is 3. The van der Waals surface area contributed by atoms with E-state index in [0.717, 1.165) is 31.2 Å². The first kappa shape index (κ1) is 24.7. The van der Waals surface area contributed by atoms with Crippen LogP contribution in [0.5, 0.6) is 0 Å². The molecule has 1 saturated carbocycles. The molecule has 1 fully saturated rings. The third-order valence-electron chi connectivity index (χ3n) is 5.22. The molecule has 3 unspecified atom stereocenters. The Morgan fingerprint density at radius 2 is 1.77 bits per heavy atom. The van der Waals surface area contributed by atoms with Gasteiger partial charge in [0, 0.05) is 12.6 Å². The minimum absolute atomic E-state index is 0.0282. The lowest BCUT2D eigenvalue weighted by atomic mass is 10.0. The van der Waals surface area contributed by atoms with Crippen LogP contribution >= 0.6 is 0 Å². The highest BCUT2D eigenvalue weighted by Crippen LogP contribution is 2.40. The van der Waals surface area contributed by atoms with Crippen LogP contribution in [0.2, 0.25) is 0 Å². The molecule has 1 aliphatic carbocycles. The molecule has 0 spiro atoms. The van der Waals surface area contributed by atoms with E-state index >= 15 is 0 Å². The zero-order valence-corrected chi connectivity index (χ0v) is 19.4. The summed E-state index contributed by atoms with van der Waals surface area (Å²) >= 11 is 0. The van der Waals surface area contributed by atoms with Gasteiger partial charge < -0.3 is 20.3 Å². The predicted octanol–water partition coefficient (Wildman–Crippen LogP) is 3.80. The summed E-state index contributed by atoms with van der Waals surface area (Å²) < 4.78 is 5.23. The maximum Gasteiger partial charge on any atom is 0.408 e. The van der Waals surface area contributed by atoms with E-state index in [1.807, 2.05) is 30.3 Å². The summed E-state index contributed by atoms with van der Waals surface area (Å²) in [5.41, 5.74) is 0.114. The van der Waals surface area contributed by atoms with Crippen LogP contribution in [0.3, 0.4) is 0 Å². The second-order valence-corrected chi connectivity index (χ2v) is 9.25. The monoisotopic (exact) mass is 431 g/mol. The van der Waals surface area contributed by atoms with Crippen molar-refractivity contribution < 1.29 is 19.1 Å². The van der Waals surface area contributed by atoms with Gasteiger partial charge in [-0.15, -0.1) is 0 Å². The van der Waals surface area contributed by atoms with Crippen LogP contribution in [-0.2, 0) is 14.3 Å². The van der Waals surface area contributed by atoms with E-state index < -0.39 is 17.7 Å². The largest absolute Gasteiger partial charge is 0.444 e. The second kappa shape index (κ2) is 11.2. The first-order valence-electron chi connectivity index (χ1n) is 11.2. The van der Waals surface area contributed by atoms with Crippen LogP contribution in [0.15, 0.2) is 30.3 Å². The van der Waals surface area contributed by atoms with Crippen molar-refractivity contribution in [2.75, 3.05) is 13.1 Å². The minimum Gasteiger partial charge on any atom is -0.444 e. The van der Waals surface area contributed by atoms with Gasteiger partial charge in [0.1, 0.15) is 18.2 Å². The van der Waals surface area contributed by atoms with Crippen molar-refractivity contribution in [2.45, 2.75) is 78.0 Å². The molecule has 3 amide bonds. The first-order valence-corrected chi connectivity index (χ1v) is 11.2. The van der Waals surface area contributed by atoms with E-state index in [0.29, 0.717) is 12.5 Å². The fraction of sp³-hybridized carbons (Fsp3) is 0.625. The number of carbonyl (C=O) groups is 3. The van der Waals surface area contributed by atoms with Crippen molar-refractivity contribution in [2.24, 2.45) is 5.92 Å². The third-order valence-corrected chi connectivity index (χ3v) is 5.22. The van der Waals surface area contributed by atoms with Gasteiger partial charge in [0.2, 0.25) is 11.8 Å². The Bertz CT molecular complexity index is 745. The summed E-state index contributed by atoms with van der Waals surface area (Å²) in [6.45, 7) is 9.83. The van der Waals surface area contributed by atoms with E-state index in [9.17, 15) is 14.4 Å². The third kappa shape index (κ3) is 7.89. The highest BCUT2D eigenvalue weighted by molar-refractivity contribution is 5.90. The van der Waals surface area contributed by atoms with Gasteiger partial charge in [-0.05, 0) is 45.1 Å². The van der Waals surface area contributed by atoms with E-state index in [4.69, 9.17) is 4.74 Å². The average molecular weight is 432 g/mol. The van der Waals surface area contributed by atoms with Gasteiger partial charge in [0.05, 0.1) is 0 Å². The van der Waals surface area contributed by atoms with Crippen molar-refractivity contribution in [3.8, 4) is 0 Å². The molecule has 0 radical (unpaired) electrons. The first-order chi connectivity index (χ1) is 14.6. The number of nitrogens with one attached hydrogen (secondary N) is 2. The number of ether oxygens (including phenoxy) is 1. The van der Waals surface area contributed by atoms with Crippen molar-refractivity contribution in [3.63, 3.8) is 0 Å². The molecular weight excluding hydrogens is 394 g/mol. The van der Waals surface area contributed by atoms with Crippen LogP contribution in [0, 0.1) is 5.92 Å². The molecule has 0 heterocycles. The number of rotatable bonds is 10. The van der Waals surface area contributed by atoms with Crippen LogP contribution in [-0.4, -0.2) is 47.5 Å². The standard InChI is InChI=1S/C24H37N3O4/c1-6-7-11-14-25-22(29)21(18-12-9-8-10-13-18)27(19-15-17(19)2)20(28)16-26-23(30)31-24(3,4)5/h8-10,12-13,17,19,21H,6-7,11,14-16H2,1-5H3,(H,25,29)(H,26,30). The van der Waals surface area contributed by atoms with Gasteiger partial charge in [0.25, 0.3) is 0 Å². The maximum atomic E-state index is 13.2. The maximum absolute atomic E-state index is 13.2. The van der Waals surface area contributed by atoms with Crippen LogP contribution in [0.25, 0.3) is 0 Å². The number of carbonyl (C=O) groups excluding carboxylic acids is 3. The molecule has 3 atom stereocenters. The SMILES string of the molecule is CCCCCNC(=O)C(c1ccccc1)N(C(=O)CNC(=O)OC(C)(C)C)C1CC1C. The minimum atomic E-state index is -0.731. The van der Waals surface area contributed by atoms with Gasteiger partial charge in [0.15, 0.2) is 0 Å². The molecule has 7 nitrogen and oxygen atoms in total. The van der Waals surface area contributed by atoms with Crippen LogP contribution < -0.4 is 10.6 Å². The number of hydrogen-bond donors (Lipinski definition) is 2.